The largest absolute Gasteiger partial charge is 0.371 e. The highest BCUT2D eigenvalue weighted by Gasteiger charge is 2.26. The van der Waals surface area contributed by atoms with Crippen molar-refractivity contribution < 1.29 is 4.74 Å². The van der Waals surface area contributed by atoms with Gasteiger partial charge in [0.05, 0.1) is 35.1 Å². The minimum Gasteiger partial charge on any atom is -0.371 e. The average Bonchev–Trinajstić information content (AvgIpc) is 3.13. The highest BCUT2D eigenvalue weighted by Crippen LogP contribution is 2.27. The lowest BCUT2D eigenvalue weighted by Gasteiger charge is -2.31. The number of fused-ring (bicyclic) bond motifs is 3. The number of aromatic nitrogens is 4. The van der Waals surface area contributed by atoms with Crippen LogP contribution >= 0.6 is 0 Å². The smallest absolute Gasteiger partial charge is 0.136 e. The highest BCUT2D eigenvalue weighted by molar-refractivity contribution is 5.76. The van der Waals surface area contributed by atoms with Crippen molar-refractivity contribution in [3.05, 3.63) is 89.3 Å². The van der Waals surface area contributed by atoms with Gasteiger partial charge in [0.25, 0.3) is 0 Å². The summed E-state index contributed by atoms with van der Waals surface area (Å²) in [6, 6.07) is 20.9. The standard InChI is InChI=1S/C25H27N5O/c1-18-7-5-9-20(26-18)13-29(14-21-10-6-8-19(2)27-21)15-22-16-31-17-25-28-23-11-3-4-12-24(23)30(22)25/h3-12,22H,13-17H2,1-2H3. The van der Waals surface area contributed by atoms with E-state index < -0.39 is 0 Å². The fraction of sp³-hybridized carbons (Fsp3) is 0.320. The highest BCUT2D eigenvalue weighted by atomic mass is 16.5. The molecule has 6 heteroatoms. The lowest BCUT2D eigenvalue weighted by molar-refractivity contribution is 0.0399. The fourth-order valence-electron chi connectivity index (χ4n) is 4.42. The van der Waals surface area contributed by atoms with Crippen LogP contribution in [-0.2, 0) is 24.4 Å². The molecule has 0 bridgehead atoms. The van der Waals surface area contributed by atoms with E-state index in [4.69, 9.17) is 19.7 Å². The normalized spacial score (nSPS) is 16.0. The second-order valence-electron chi connectivity index (χ2n) is 8.27. The molecule has 6 nitrogen and oxygen atoms in total. The Bertz CT molecular complexity index is 1150. The fourth-order valence-corrected chi connectivity index (χ4v) is 4.42. The number of imidazole rings is 1. The van der Waals surface area contributed by atoms with Crippen LogP contribution in [0.1, 0.15) is 34.6 Å². The first-order valence-corrected chi connectivity index (χ1v) is 10.8. The van der Waals surface area contributed by atoms with Crippen LogP contribution in [-0.4, -0.2) is 37.6 Å². The summed E-state index contributed by atoms with van der Waals surface area (Å²) in [6.45, 7) is 7.66. The van der Waals surface area contributed by atoms with Crippen LogP contribution in [0.5, 0.6) is 0 Å². The molecule has 1 aromatic carbocycles. The van der Waals surface area contributed by atoms with E-state index in [1.807, 2.05) is 32.0 Å². The third-order valence-electron chi connectivity index (χ3n) is 5.71. The van der Waals surface area contributed by atoms with Crippen molar-refractivity contribution in [3.8, 4) is 0 Å². The van der Waals surface area contributed by atoms with Crippen molar-refractivity contribution in [2.24, 2.45) is 0 Å². The Balaban J connectivity index is 1.46. The average molecular weight is 414 g/mol. The van der Waals surface area contributed by atoms with Gasteiger partial charge in [0.1, 0.15) is 12.4 Å². The zero-order chi connectivity index (χ0) is 21.2. The summed E-state index contributed by atoms with van der Waals surface area (Å²) in [5, 5.41) is 0. The lowest BCUT2D eigenvalue weighted by Crippen LogP contribution is -2.35. The molecule has 1 aliphatic rings. The zero-order valence-corrected chi connectivity index (χ0v) is 18.0. The first-order valence-electron chi connectivity index (χ1n) is 10.8. The maximum atomic E-state index is 5.94. The van der Waals surface area contributed by atoms with Gasteiger partial charge in [-0.1, -0.05) is 24.3 Å². The Kier molecular flexibility index (Phi) is 5.49. The van der Waals surface area contributed by atoms with Crippen molar-refractivity contribution in [2.45, 2.75) is 39.6 Å². The molecule has 0 radical (unpaired) electrons. The third-order valence-corrected chi connectivity index (χ3v) is 5.71. The number of para-hydroxylation sites is 2. The van der Waals surface area contributed by atoms with Gasteiger partial charge >= 0.3 is 0 Å². The molecule has 0 spiro atoms. The summed E-state index contributed by atoms with van der Waals surface area (Å²) in [5.74, 6) is 1.000. The van der Waals surface area contributed by atoms with Gasteiger partial charge in [-0.15, -0.1) is 0 Å². The van der Waals surface area contributed by atoms with Crippen LogP contribution in [0.3, 0.4) is 0 Å². The van der Waals surface area contributed by atoms with Gasteiger partial charge in [0.2, 0.25) is 0 Å². The first kappa shape index (κ1) is 19.8. The number of benzene rings is 1. The molecule has 4 heterocycles. The quantitative estimate of drug-likeness (QED) is 0.474. The van der Waals surface area contributed by atoms with Crippen molar-refractivity contribution in [1.29, 1.82) is 0 Å². The Morgan fingerprint density at radius 3 is 2.23 bits per heavy atom. The number of hydrogen-bond acceptors (Lipinski definition) is 5. The molecule has 3 aromatic heterocycles. The van der Waals surface area contributed by atoms with Gasteiger partial charge in [-0.25, -0.2) is 4.98 Å². The van der Waals surface area contributed by atoms with Crippen LogP contribution in [0.2, 0.25) is 0 Å². The molecule has 0 saturated heterocycles. The molecule has 1 aliphatic heterocycles. The van der Waals surface area contributed by atoms with Gasteiger partial charge in [0.15, 0.2) is 0 Å². The number of ether oxygens (including phenoxy) is 1. The van der Waals surface area contributed by atoms with E-state index in [0.717, 1.165) is 53.8 Å². The predicted molar refractivity (Wildman–Crippen MR) is 120 cm³/mol. The second kappa shape index (κ2) is 8.57. The molecule has 31 heavy (non-hydrogen) atoms. The molecule has 0 amide bonds. The van der Waals surface area contributed by atoms with Gasteiger partial charge in [0, 0.05) is 31.0 Å². The summed E-state index contributed by atoms with van der Waals surface area (Å²) < 4.78 is 8.30. The number of aryl methyl sites for hydroxylation is 2. The van der Waals surface area contributed by atoms with E-state index in [1.54, 1.807) is 0 Å². The molecule has 158 valence electrons. The lowest BCUT2D eigenvalue weighted by atomic mass is 10.2. The molecule has 0 aliphatic carbocycles. The van der Waals surface area contributed by atoms with Crippen molar-refractivity contribution in [2.75, 3.05) is 13.2 Å². The molecule has 0 saturated carbocycles. The van der Waals surface area contributed by atoms with E-state index in [-0.39, 0.29) is 6.04 Å². The molecule has 5 rings (SSSR count). The van der Waals surface area contributed by atoms with E-state index in [9.17, 15) is 0 Å². The van der Waals surface area contributed by atoms with Gasteiger partial charge in [-0.3, -0.25) is 14.9 Å². The Hall–Kier alpha value is -3.09. The number of nitrogens with zero attached hydrogens (tertiary/aromatic N) is 5. The number of rotatable bonds is 6. The summed E-state index contributed by atoms with van der Waals surface area (Å²) >= 11 is 0. The van der Waals surface area contributed by atoms with Gasteiger partial charge < -0.3 is 9.30 Å². The molecule has 1 atom stereocenters. The predicted octanol–water partition coefficient (Wildman–Crippen LogP) is 4.22. The number of hydrogen-bond donors (Lipinski definition) is 0. The molecule has 0 N–H and O–H groups in total. The zero-order valence-electron chi connectivity index (χ0n) is 18.0. The topological polar surface area (TPSA) is 56.1 Å². The van der Waals surface area contributed by atoms with E-state index in [1.165, 1.54) is 5.52 Å². The Morgan fingerprint density at radius 1 is 0.871 bits per heavy atom. The summed E-state index contributed by atoms with van der Waals surface area (Å²) in [5.41, 5.74) is 6.42. The van der Waals surface area contributed by atoms with Crippen molar-refractivity contribution in [1.82, 2.24) is 24.4 Å². The third kappa shape index (κ3) is 4.36. The molecular formula is C25H27N5O. The number of pyridine rings is 2. The molecule has 1 unspecified atom stereocenters. The summed E-state index contributed by atoms with van der Waals surface area (Å²) in [4.78, 5) is 16.7. The van der Waals surface area contributed by atoms with Crippen LogP contribution in [0.25, 0.3) is 11.0 Å². The van der Waals surface area contributed by atoms with Crippen LogP contribution in [0.4, 0.5) is 0 Å². The van der Waals surface area contributed by atoms with Crippen molar-refractivity contribution in [3.63, 3.8) is 0 Å². The van der Waals surface area contributed by atoms with E-state index >= 15 is 0 Å². The molecular weight excluding hydrogens is 386 g/mol. The van der Waals surface area contributed by atoms with Crippen molar-refractivity contribution >= 4 is 11.0 Å². The SMILES string of the molecule is Cc1cccc(CN(Cc2cccc(C)n2)CC2COCc3nc4ccccc4n32)n1. The second-order valence-corrected chi connectivity index (χ2v) is 8.27. The van der Waals surface area contributed by atoms with E-state index in [0.29, 0.717) is 13.2 Å². The molecule has 0 fully saturated rings. The summed E-state index contributed by atoms with van der Waals surface area (Å²) in [6.07, 6.45) is 0. The van der Waals surface area contributed by atoms with Gasteiger partial charge in [-0.2, -0.15) is 0 Å². The van der Waals surface area contributed by atoms with Crippen LogP contribution < -0.4 is 0 Å². The summed E-state index contributed by atoms with van der Waals surface area (Å²) in [7, 11) is 0. The van der Waals surface area contributed by atoms with Gasteiger partial charge in [-0.05, 0) is 50.2 Å². The first-order chi connectivity index (χ1) is 15.2. The van der Waals surface area contributed by atoms with Crippen LogP contribution in [0.15, 0.2) is 60.7 Å². The monoisotopic (exact) mass is 413 g/mol. The Labute approximate surface area is 182 Å². The maximum absolute atomic E-state index is 5.94. The maximum Gasteiger partial charge on any atom is 0.136 e. The minimum absolute atomic E-state index is 0.186. The Morgan fingerprint density at radius 2 is 1.55 bits per heavy atom. The minimum atomic E-state index is 0.186. The van der Waals surface area contributed by atoms with E-state index in [2.05, 4.69) is 51.9 Å². The molecule has 4 aromatic rings. The van der Waals surface area contributed by atoms with Crippen LogP contribution in [0, 0.1) is 13.8 Å².